The van der Waals surface area contributed by atoms with E-state index in [4.69, 9.17) is 5.73 Å². The van der Waals surface area contributed by atoms with Gasteiger partial charge in [0.25, 0.3) is 0 Å². The van der Waals surface area contributed by atoms with Crippen LogP contribution in [0.2, 0.25) is 0 Å². The van der Waals surface area contributed by atoms with E-state index in [2.05, 4.69) is 10.9 Å². The fourth-order valence-electron chi connectivity index (χ4n) is 2.29. The van der Waals surface area contributed by atoms with Crippen molar-refractivity contribution in [2.24, 2.45) is 11.7 Å². The molecule has 2 rings (SSSR count). The molecule has 11 heteroatoms. The van der Waals surface area contributed by atoms with E-state index >= 15 is 0 Å². The van der Waals surface area contributed by atoms with Crippen molar-refractivity contribution in [3.05, 3.63) is 9.93 Å². The Bertz CT molecular complexity index is 568. The molecule has 0 aliphatic carbocycles. The number of β-lactam (4-membered cyclic amide) rings is 1. The van der Waals surface area contributed by atoms with Crippen LogP contribution in [0.15, 0.2) is 9.93 Å². The first-order valence-electron chi connectivity index (χ1n) is 6.83. The largest absolute Gasteiger partial charge is 0.477 e. The van der Waals surface area contributed by atoms with Gasteiger partial charge in [-0.3, -0.25) is 15.1 Å². The minimum absolute atomic E-state index is 0.0399. The molecule has 3 amide bonds. The number of carbonyl (C=O) groups is 3. The van der Waals surface area contributed by atoms with Gasteiger partial charge in [0.1, 0.15) is 5.37 Å². The number of hydrogen-bond acceptors (Lipinski definition) is 7. The van der Waals surface area contributed by atoms with Gasteiger partial charge in [0.15, 0.2) is 5.70 Å². The van der Waals surface area contributed by atoms with E-state index in [0.29, 0.717) is 9.99 Å². The Morgan fingerprint density at radius 3 is 2.65 bits per heavy atom. The molecule has 2 aliphatic rings. The van der Waals surface area contributed by atoms with Gasteiger partial charge in [-0.2, -0.15) is 0 Å². The lowest BCUT2D eigenvalue weighted by Crippen LogP contribution is -2.60. The highest BCUT2D eigenvalue weighted by Crippen LogP contribution is 2.53. The number of nitrogens with zero attached hydrogens (tertiary/aromatic N) is 1. The van der Waals surface area contributed by atoms with Crippen molar-refractivity contribution >= 4 is 41.4 Å². The van der Waals surface area contributed by atoms with Crippen LogP contribution in [-0.4, -0.2) is 56.3 Å². The molecule has 6 N–H and O–H groups in total. The molecule has 0 radical (unpaired) electrons. The van der Waals surface area contributed by atoms with Crippen LogP contribution in [0.1, 0.15) is 13.8 Å². The number of nitrogens with two attached hydrogens (primary N) is 1. The van der Waals surface area contributed by atoms with Crippen molar-refractivity contribution in [2.45, 2.75) is 31.4 Å². The molecule has 0 aromatic rings. The Morgan fingerprint density at radius 2 is 2.13 bits per heavy atom. The number of thioether (sulfide) groups is 2. The standard InChI is InChI=1S/C12H18N4O5S2/c1-4(14-15-12(13)21)3-22-11-7(10(19)20)16-8(18)6(5(2)17)9(16)23-11/h4-6,9,14,17H,3H2,1-2H3,(H,19,20)(H3,13,15,21)/t4?,5?,6?,9-/m1/s1. The van der Waals surface area contributed by atoms with Gasteiger partial charge < -0.3 is 15.9 Å². The molecule has 1 fully saturated rings. The highest BCUT2D eigenvalue weighted by atomic mass is 32.2. The van der Waals surface area contributed by atoms with Crippen LogP contribution in [0.25, 0.3) is 0 Å². The van der Waals surface area contributed by atoms with E-state index in [0.717, 1.165) is 0 Å². The zero-order valence-electron chi connectivity index (χ0n) is 12.5. The van der Waals surface area contributed by atoms with Gasteiger partial charge in [0.05, 0.1) is 16.3 Å². The second-order valence-corrected chi connectivity index (χ2v) is 7.69. The first-order valence-corrected chi connectivity index (χ1v) is 8.69. The first-order chi connectivity index (χ1) is 10.7. The van der Waals surface area contributed by atoms with Crippen molar-refractivity contribution in [3.63, 3.8) is 0 Å². The topological polar surface area (TPSA) is 145 Å². The fraction of sp³-hybridized carbons (Fsp3) is 0.583. The quantitative estimate of drug-likeness (QED) is 0.299. The Morgan fingerprint density at radius 1 is 1.48 bits per heavy atom. The Kier molecular flexibility index (Phi) is 5.45. The third kappa shape index (κ3) is 3.57. The molecule has 23 heavy (non-hydrogen) atoms. The first kappa shape index (κ1) is 17.9. The number of urea groups is 1. The van der Waals surface area contributed by atoms with Crippen molar-refractivity contribution < 1.29 is 24.6 Å². The highest BCUT2D eigenvalue weighted by Gasteiger charge is 2.57. The maximum atomic E-state index is 12.0. The summed E-state index contributed by atoms with van der Waals surface area (Å²) >= 11 is 2.55. The summed E-state index contributed by atoms with van der Waals surface area (Å²) in [6.07, 6.45) is -0.823. The lowest BCUT2D eigenvalue weighted by atomic mass is 9.92. The summed E-state index contributed by atoms with van der Waals surface area (Å²) in [5, 5.41) is 18.6. The fourth-order valence-corrected chi connectivity index (χ4v) is 5.19. The van der Waals surface area contributed by atoms with E-state index in [-0.39, 0.29) is 23.0 Å². The van der Waals surface area contributed by atoms with E-state index in [1.807, 2.05) is 0 Å². The molecule has 2 heterocycles. The van der Waals surface area contributed by atoms with E-state index in [9.17, 15) is 24.6 Å². The summed E-state index contributed by atoms with van der Waals surface area (Å²) in [6, 6.07) is -0.871. The zero-order chi connectivity index (χ0) is 17.3. The third-order valence-electron chi connectivity index (χ3n) is 3.37. The van der Waals surface area contributed by atoms with Crippen molar-refractivity contribution in [1.29, 1.82) is 0 Å². The number of amides is 3. The number of nitrogens with one attached hydrogen (secondary N) is 2. The van der Waals surface area contributed by atoms with Gasteiger partial charge in [-0.25, -0.2) is 15.0 Å². The third-order valence-corrected chi connectivity index (χ3v) is 6.29. The van der Waals surface area contributed by atoms with Crippen molar-refractivity contribution in [1.82, 2.24) is 15.8 Å². The average Bonchev–Trinajstić information content (AvgIpc) is 2.76. The molecule has 4 atom stereocenters. The van der Waals surface area contributed by atoms with Crippen LogP contribution in [0.3, 0.4) is 0 Å². The summed E-state index contributed by atoms with van der Waals surface area (Å²) in [7, 11) is 0. The normalized spacial score (nSPS) is 25.7. The molecule has 1 saturated heterocycles. The average molecular weight is 362 g/mol. The minimum atomic E-state index is -1.17. The number of carboxylic acids is 1. The monoisotopic (exact) mass is 362 g/mol. The van der Waals surface area contributed by atoms with E-state index in [1.54, 1.807) is 6.92 Å². The van der Waals surface area contributed by atoms with Crippen LogP contribution in [0.5, 0.6) is 0 Å². The van der Waals surface area contributed by atoms with E-state index in [1.165, 1.54) is 35.3 Å². The molecule has 0 spiro atoms. The second kappa shape index (κ2) is 6.99. The summed E-state index contributed by atoms with van der Waals surface area (Å²) in [6.45, 7) is 3.32. The predicted octanol–water partition coefficient (Wildman–Crippen LogP) is -0.553. The number of hydrogen-bond donors (Lipinski definition) is 5. The van der Waals surface area contributed by atoms with Gasteiger partial charge in [0.2, 0.25) is 5.91 Å². The smallest absolute Gasteiger partial charge is 0.354 e. The van der Waals surface area contributed by atoms with Crippen LogP contribution in [0.4, 0.5) is 4.79 Å². The van der Waals surface area contributed by atoms with Gasteiger partial charge in [0, 0.05) is 11.8 Å². The van der Waals surface area contributed by atoms with Gasteiger partial charge in [-0.15, -0.1) is 11.8 Å². The molecule has 0 bridgehead atoms. The van der Waals surface area contributed by atoms with Crippen LogP contribution in [-0.2, 0) is 9.59 Å². The van der Waals surface area contributed by atoms with Gasteiger partial charge in [-0.1, -0.05) is 11.8 Å². The van der Waals surface area contributed by atoms with Gasteiger partial charge in [-0.05, 0) is 13.8 Å². The molecular formula is C12H18N4O5S2. The highest BCUT2D eigenvalue weighted by molar-refractivity contribution is 8.22. The van der Waals surface area contributed by atoms with Crippen LogP contribution < -0.4 is 16.6 Å². The Balaban J connectivity index is 2.02. The number of carboxylic acid groups (broad SMARTS) is 1. The minimum Gasteiger partial charge on any atom is -0.477 e. The Labute approximate surface area is 141 Å². The molecule has 2 aliphatic heterocycles. The number of fused-ring (bicyclic) bond motifs is 1. The zero-order valence-corrected chi connectivity index (χ0v) is 14.1. The van der Waals surface area contributed by atoms with Gasteiger partial charge >= 0.3 is 12.0 Å². The van der Waals surface area contributed by atoms with Crippen LogP contribution >= 0.6 is 23.5 Å². The summed E-state index contributed by atoms with van der Waals surface area (Å²) in [5.74, 6) is -1.66. The number of aliphatic hydroxyl groups excluding tert-OH is 1. The maximum absolute atomic E-state index is 12.0. The number of hydrazine groups is 1. The SMILES string of the molecule is CC(CSC1=C(C(=O)O)N2C(=O)C(C(C)O)[C@H]2S1)NNC(N)=O. The maximum Gasteiger partial charge on any atom is 0.354 e. The number of rotatable bonds is 7. The van der Waals surface area contributed by atoms with Crippen molar-refractivity contribution in [3.8, 4) is 0 Å². The number of carbonyl (C=O) groups excluding carboxylic acids is 2. The molecular weight excluding hydrogens is 344 g/mol. The molecule has 128 valence electrons. The number of aliphatic carboxylic acids is 1. The predicted molar refractivity (Wildman–Crippen MR) is 85.8 cm³/mol. The molecule has 0 saturated carbocycles. The summed E-state index contributed by atoms with van der Waals surface area (Å²) < 4.78 is 0.520. The Hall–Kier alpha value is -1.43. The number of aliphatic hydroxyl groups is 1. The molecule has 9 nitrogen and oxygen atoms in total. The molecule has 3 unspecified atom stereocenters. The summed E-state index contributed by atoms with van der Waals surface area (Å²) in [4.78, 5) is 35.3. The lowest BCUT2D eigenvalue weighted by Gasteiger charge is -2.43. The van der Waals surface area contributed by atoms with E-state index < -0.39 is 24.0 Å². The second-order valence-electron chi connectivity index (χ2n) is 5.27. The molecule has 0 aromatic heterocycles. The molecule has 0 aromatic carbocycles. The van der Waals surface area contributed by atoms with Crippen LogP contribution in [0, 0.1) is 5.92 Å². The van der Waals surface area contributed by atoms with Crippen molar-refractivity contribution in [2.75, 3.05) is 5.75 Å². The lowest BCUT2D eigenvalue weighted by molar-refractivity contribution is -0.156. The number of primary amides is 1. The summed E-state index contributed by atoms with van der Waals surface area (Å²) in [5.41, 5.74) is 9.84.